The lowest BCUT2D eigenvalue weighted by Crippen LogP contribution is -2.18. The minimum Gasteiger partial charge on any atom is -0.401 e. The molecule has 0 saturated heterocycles. The summed E-state index contributed by atoms with van der Waals surface area (Å²) >= 11 is 8.28. The highest BCUT2D eigenvalue weighted by Crippen LogP contribution is 2.36. The van der Waals surface area contributed by atoms with Gasteiger partial charge in [-0.1, -0.05) is 11.6 Å². The Morgan fingerprint density at radius 1 is 1.53 bits per heavy atom. The molecule has 0 N–H and O–H groups in total. The first kappa shape index (κ1) is 12.1. The number of nitrogens with zero attached hydrogens (tertiary/aromatic N) is 2. The van der Waals surface area contributed by atoms with Gasteiger partial charge in [0.2, 0.25) is 0 Å². The molecule has 0 aromatic carbocycles. The van der Waals surface area contributed by atoms with Crippen molar-refractivity contribution < 1.29 is 17.9 Å². The first-order chi connectivity index (χ1) is 6.85. The number of ether oxygens (including phenoxy) is 1. The second-order valence-electron chi connectivity index (χ2n) is 2.26. The summed E-state index contributed by atoms with van der Waals surface area (Å²) in [5.41, 5.74) is -0.497. The second-order valence-corrected chi connectivity index (χ2v) is 3.46. The summed E-state index contributed by atoms with van der Waals surface area (Å²) in [5.74, 6) is -0.738. The average molecular weight is 301 g/mol. The third kappa shape index (κ3) is 2.97. The zero-order valence-electron chi connectivity index (χ0n) is 6.77. The van der Waals surface area contributed by atoms with Crippen LogP contribution in [0.4, 0.5) is 13.2 Å². The van der Waals surface area contributed by atoms with E-state index in [1.165, 1.54) is 6.07 Å². The van der Waals surface area contributed by atoms with Crippen molar-refractivity contribution in [2.24, 2.45) is 0 Å². The van der Waals surface area contributed by atoms with Crippen LogP contribution in [0.2, 0.25) is 5.02 Å². The Bertz CT molecular complexity index is 429. The third-order valence-electron chi connectivity index (χ3n) is 1.25. The SMILES string of the molecule is N#Cc1ncc(Cl)c(Br)c1OC(F)(F)F. The second kappa shape index (κ2) is 4.24. The molecule has 0 aliphatic carbocycles. The van der Waals surface area contributed by atoms with Gasteiger partial charge in [0, 0.05) is 6.20 Å². The molecular formula is C7HBrClF3N2O. The molecule has 0 aliphatic heterocycles. The molecular weight excluding hydrogens is 300 g/mol. The van der Waals surface area contributed by atoms with Gasteiger partial charge in [-0.3, -0.25) is 0 Å². The molecule has 0 atom stereocenters. The van der Waals surface area contributed by atoms with Crippen LogP contribution in [0, 0.1) is 11.3 Å². The van der Waals surface area contributed by atoms with E-state index in [4.69, 9.17) is 16.9 Å². The molecule has 80 valence electrons. The molecule has 3 nitrogen and oxygen atoms in total. The molecule has 0 radical (unpaired) electrons. The number of hydrogen-bond acceptors (Lipinski definition) is 3. The number of alkyl halides is 3. The third-order valence-corrected chi connectivity index (χ3v) is 2.56. The largest absolute Gasteiger partial charge is 0.573 e. The van der Waals surface area contributed by atoms with E-state index in [9.17, 15) is 13.2 Å². The van der Waals surface area contributed by atoms with Gasteiger partial charge in [-0.25, -0.2) is 4.98 Å². The van der Waals surface area contributed by atoms with Crippen LogP contribution in [-0.4, -0.2) is 11.3 Å². The minimum atomic E-state index is -4.90. The van der Waals surface area contributed by atoms with Gasteiger partial charge in [-0.15, -0.1) is 13.2 Å². The molecule has 0 fully saturated rings. The number of hydrogen-bond donors (Lipinski definition) is 0. The van der Waals surface area contributed by atoms with E-state index >= 15 is 0 Å². The lowest BCUT2D eigenvalue weighted by molar-refractivity contribution is -0.275. The van der Waals surface area contributed by atoms with Crippen molar-refractivity contribution in [2.75, 3.05) is 0 Å². The highest BCUT2D eigenvalue weighted by atomic mass is 79.9. The normalized spacial score (nSPS) is 10.9. The van der Waals surface area contributed by atoms with Crippen molar-refractivity contribution in [2.45, 2.75) is 6.36 Å². The molecule has 0 unspecified atom stereocenters. The lowest BCUT2D eigenvalue weighted by Gasteiger charge is -2.11. The Kier molecular flexibility index (Phi) is 3.42. The number of aromatic nitrogens is 1. The van der Waals surface area contributed by atoms with E-state index in [0.717, 1.165) is 6.20 Å². The minimum absolute atomic E-state index is 0.0757. The molecule has 15 heavy (non-hydrogen) atoms. The monoisotopic (exact) mass is 300 g/mol. The van der Waals surface area contributed by atoms with Crippen LogP contribution in [0.3, 0.4) is 0 Å². The summed E-state index contributed by atoms with van der Waals surface area (Å²) in [4.78, 5) is 3.39. The molecule has 0 spiro atoms. The molecule has 1 aromatic rings. The van der Waals surface area contributed by atoms with E-state index < -0.39 is 17.8 Å². The molecule has 1 heterocycles. The maximum Gasteiger partial charge on any atom is 0.573 e. The molecule has 0 bridgehead atoms. The lowest BCUT2D eigenvalue weighted by atomic mass is 10.3. The van der Waals surface area contributed by atoms with Crippen LogP contribution in [0.5, 0.6) is 5.75 Å². The van der Waals surface area contributed by atoms with Gasteiger partial charge < -0.3 is 4.74 Å². The highest BCUT2D eigenvalue weighted by molar-refractivity contribution is 9.10. The van der Waals surface area contributed by atoms with Gasteiger partial charge in [0.15, 0.2) is 11.4 Å². The van der Waals surface area contributed by atoms with Crippen molar-refractivity contribution in [3.05, 3.63) is 21.4 Å². The standard InChI is InChI=1S/C7HBrClF3N2O/c8-5-3(9)2-14-4(1-13)6(5)15-7(10,11)12/h2H. The van der Waals surface area contributed by atoms with E-state index in [2.05, 4.69) is 25.7 Å². The maximum absolute atomic E-state index is 11.9. The number of rotatable bonds is 1. The summed E-state index contributed by atoms with van der Waals surface area (Å²) in [5, 5.41) is 8.43. The number of halogens is 5. The van der Waals surface area contributed by atoms with Crippen LogP contribution in [0.25, 0.3) is 0 Å². The number of pyridine rings is 1. The van der Waals surface area contributed by atoms with Crippen molar-refractivity contribution in [3.63, 3.8) is 0 Å². The average Bonchev–Trinajstić information content (AvgIpc) is 2.11. The quantitative estimate of drug-likeness (QED) is 0.800. The fourth-order valence-electron chi connectivity index (χ4n) is 0.737. The summed E-state index contributed by atoms with van der Waals surface area (Å²) in [6.45, 7) is 0. The van der Waals surface area contributed by atoms with Crippen molar-refractivity contribution >= 4 is 27.5 Å². The Morgan fingerprint density at radius 2 is 2.13 bits per heavy atom. The molecule has 0 amide bonds. The first-order valence-corrected chi connectivity index (χ1v) is 4.52. The predicted octanol–water partition coefficient (Wildman–Crippen LogP) is 3.27. The topological polar surface area (TPSA) is 45.9 Å². The van der Waals surface area contributed by atoms with Gasteiger partial charge in [-0.05, 0) is 15.9 Å². The smallest absolute Gasteiger partial charge is 0.401 e. The maximum atomic E-state index is 11.9. The van der Waals surface area contributed by atoms with E-state index in [1.807, 2.05) is 0 Å². The molecule has 1 rings (SSSR count). The van der Waals surface area contributed by atoms with Gasteiger partial charge >= 0.3 is 6.36 Å². The molecule has 8 heteroatoms. The van der Waals surface area contributed by atoms with Crippen LogP contribution in [0.1, 0.15) is 5.69 Å². The van der Waals surface area contributed by atoms with Crippen molar-refractivity contribution in [3.8, 4) is 11.8 Å². The Hall–Kier alpha value is -1.00. The molecule has 0 saturated carbocycles. The number of nitriles is 1. The summed E-state index contributed by atoms with van der Waals surface area (Å²) in [6, 6.07) is 1.46. The van der Waals surface area contributed by atoms with E-state index in [0.29, 0.717) is 0 Å². The van der Waals surface area contributed by atoms with Gasteiger partial charge in [0.25, 0.3) is 0 Å². The van der Waals surface area contributed by atoms with Crippen LogP contribution < -0.4 is 4.74 Å². The first-order valence-electron chi connectivity index (χ1n) is 3.35. The summed E-state index contributed by atoms with van der Waals surface area (Å²) < 4.78 is 39.3. The fraction of sp³-hybridized carbons (Fsp3) is 0.143. The summed E-state index contributed by atoms with van der Waals surface area (Å²) in [7, 11) is 0. The zero-order chi connectivity index (χ0) is 11.6. The van der Waals surface area contributed by atoms with Gasteiger partial charge in [0.05, 0.1) is 9.50 Å². The zero-order valence-corrected chi connectivity index (χ0v) is 9.11. The molecule has 0 aliphatic rings. The van der Waals surface area contributed by atoms with Gasteiger partial charge in [-0.2, -0.15) is 5.26 Å². The Labute approximate surface area is 95.6 Å². The Morgan fingerprint density at radius 3 is 2.60 bits per heavy atom. The predicted molar refractivity (Wildman–Crippen MR) is 48.3 cm³/mol. The van der Waals surface area contributed by atoms with E-state index in [1.54, 1.807) is 0 Å². The van der Waals surface area contributed by atoms with Crippen LogP contribution in [-0.2, 0) is 0 Å². The van der Waals surface area contributed by atoms with Crippen molar-refractivity contribution in [1.82, 2.24) is 4.98 Å². The summed E-state index contributed by atoms with van der Waals surface area (Å²) in [6.07, 6.45) is -3.85. The van der Waals surface area contributed by atoms with E-state index in [-0.39, 0.29) is 9.50 Å². The van der Waals surface area contributed by atoms with Crippen molar-refractivity contribution in [1.29, 1.82) is 5.26 Å². The Balaban J connectivity index is 3.26. The highest BCUT2D eigenvalue weighted by Gasteiger charge is 2.34. The van der Waals surface area contributed by atoms with Crippen LogP contribution in [0.15, 0.2) is 10.7 Å². The fourth-order valence-corrected chi connectivity index (χ4v) is 1.24. The van der Waals surface area contributed by atoms with Crippen LogP contribution >= 0.6 is 27.5 Å². The van der Waals surface area contributed by atoms with Gasteiger partial charge in [0.1, 0.15) is 6.07 Å². The molecule has 1 aromatic heterocycles.